The zero-order chi connectivity index (χ0) is 26.9. The predicted molar refractivity (Wildman–Crippen MR) is 129 cm³/mol. The van der Waals surface area contributed by atoms with Crippen molar-refractivity contribution >= 4 is 27.8 Å². The molecule has 1 aromatic rings. The first-order valence-electron chi connectivity index (χ1n) is 11.3. The molecule has 36 heavy (non-hydrogen) atoms. The first-order chi connectivity index (χ1) is 16.7. The molecule has 14 heteroatoms. The van der Waals surface area contributed by atoms with E-state index in [1.807, 2.05) is 0 Å². The minimum absolute atomic E-state index is 0.0684. The van der Waals surface area contributed by atoms with E-state index >= 15 is 0 Å². The second-order valence-electron chi connectivity index (χ2n) is 9.57. The van der Waals surface area contributed by atoms with Gasteiger partial charge in [-0.15, -0.1) is 0 Å². The summed E-state index contributed by atoms with van der Waals surface area (Å²) >= 11 is 0. The van der Waals surface area contributed by atoms with Gasteiger partial charge in [-0.05, 0) is 33.8 Å². The summed E-state index contributed by atoms with van der Waals surface area (Å²) in [7, 11) is -1.32. The average molecular weight is 529 g/mol. The normalized spacial score (nSPS) is 22.9. The molecular weight excluding hydrogens is 496 g/mol. The Bertz CT molecular complexity index is 1150. The van der Waals surface area contributed by atoms with Crippen molar-refractivity contribution in [3.8, 4) is 5.75 Å². The number of fused-ring (bicyclic) bond motifs is 3. The summed E-state index contributed by atoms with van der Waals surface area (Å²) < 4.78 is 50.2. The van der Waals surface area contributed by atoms with Gasteiger partial charge in [-0.1, -0.05) is 0 Å². The standard InChI is InChI=1S/C22H32N4O9S/c1-21(2,3)35-20(27)25(14-33-12-11-32-6)19-23-22(4)16-13-15(26(28)29)7-8-17(16)34-10-9-18(22)36(30,31)24(19)5/h7-8,13,18H,9-12,14H2,1-6H3/t18-,22+/m0/s1. The number of carbonyl (C=O) groups excluding carboxylic acids is 1. The second-order valence-corrected chi connectivity index (χ2v) is 11.7. The van der Waals surface area contributed by atoms with Gasteiger partial charge < -0.3 is 18.9 Å². The minimum Gasteiger partial charge on any atom is -0.493 e. The number of amides is 1. The van der Waals surface area contributed by atoms with Gasteiger partial charge in [0.2, 0.25) is 16.0 Å². The monoisotopic (exact) mass is 528 g/mol. The van der Waals surface area contributed by atoms with Gasteiger partial charge in [-0.2, -0.15) is 0 Å². The third-order valence-electron chi connectivity index (χ3n) is 5.85. The van der Waals surface area contributed by atoms with Gasteiger partial charge in [0, 0.05) is 38.3 Å². The number of benzene rings is 1. The summed E-state index contributed by atoms with van der Waals surface area (Å²) in [6.07, 6.45) is -0.786. The molecule has 0 N–H and O–H groups in total. The molecule has 2 atom stereocenters. The van der Waals surface area contributed by atoms with Crippen LogP contribution in [0, 0.1) is 10.1 Å². The van der Waals surface area contributed by atoms with Gasteiger partial charge in [-0.3, -0.25) is 10.1 Å². The maximum Gasteiger partial charge on any atom is 0.419 e. The number of sulfonamides is 1. The molecule has 1 aromatic carbocycles. The zero-order valence-corrected chi connectivity index (χ0v) is 22.0. The Balaban J connectivity index is 2.19. The number of hydrogen-bond acceptors (Lipinski definition) is 10. The van der Waals surface area contributed by atoms with Crippen LogP contribution in [0.4, 0.5) is 10.5 Å². The molecule has 2 heterocycles. The van der Waals surface area contributed by atoms with Crippen LogP contribution in [-0.4, -0.2) is 86.2 Å². The first kappa shape index (κ1) is 27.6. The van der Waals surface area contributed by atoms with Crippen LogP contribution in [0.15, 0.2) is 23.2 Å². The molecule has 0 aromatic heterocycles. The largest absolute Gasteiger partial charge is 0.493 e. The van der Waals surface area contributed by atoms with Crippen LogP contribution in [0.25, 0.3) is 0 Å². The van der Waals surface area contributed by atoms with Crippen LogP contribution in [0.2, 0.25) is 0 Å². The number of carbonyl (C=O) groups is 1. The van der Waals surface area contributed by atoms with Gasteiger partial charge >= 0.3 is 6.09 Å². The number of hydrogen-bond donors (Lipinski definition) is 0. The summed E-state index contributed by atoms with van der Waals surface area (Å²) in [6.45, 7) is 6.67. The van der Waals surface area contributed by atoms with Gasteiger partial charge in [0.25, 0.3) is 5.69 Å². The van der Waals surface area contributed by atoms with E-state index in [9.17, 15) is 23.3 Å². The number of nitro benzene ring substituents is 1. The fourth-order valence-corrected chi connectivity index (χ4v) is 5.98. The first-order valence-corrected chi connectivity index (χ1v) is 12.8. The number of ether oxygens (including phenoxy) is 4. The van der Waals surface area contributed by atoms with Crippen molar-refractivity contribution in [3.05, 3.63) is 33.9 Å². The number of nitrogens with zero attached hydrogens (tertiary/aromatic N) is 4. The van der Waals surface area contributed by atoms with E-state index in [-0.39, 0.29) is 55.9 Å². The summed E-state index contributed by atoms with van der Waals surface area (Å²) in [5.41, 5.74) is -2.40. The Kier molecular flexibility index (Phi) is 7.81. The molecular formula is C22H32N4O9S. The molecule has 1 amide bonds. The highest BCUT2D eigenvalue weighted by Gasteiger charge is 2.54. The molecule has 2 aliphatic heterocycles. The lowest BCUT2D eigenvalue weighted by Gasteiger charge is -2.43. The maximum atomic E-state index is 13.7. The molecule has 0 radical (unpaired) electrons. The quantitative estimate of drug-likeness (QED) is 0.235. The van der Waals surface area contributed by atoms with Gasteiger partial charge in [0.15, 0.2) is 0 Å². The van der Waals surface area contributed by atoms with Crippen molar-refractivity contribution in [2.75, 3.05) is 40.7 Å². The third kappa shape index (κ3) is 5.39. The van der Waals surface area contributed by atoms with Gasteiger partial charge in [-0.25, -0.2) is 27.4 Å². The summed E-state index contributed by atoms with van der Waals surface area (Å²) in [4.78, 5) is 29.8. The highest BCUT2D eigenvalue weighted by atomic mass is 32.2. The molecule has 0 aliphatic carbocycles. The Labute approximate surface area is 210 Å². The van der Waals surface area contributed by atoms with Crippen LogP contribution < -0.4 is 4.74 Å². The van der Waals surface area contributed by atoms with E-state index in [2.05, 4.69) is 0 Å². The Morgan fingerprint density at radius 1 is 1.36 bits per heavy atom. The van der Waals surface area contributed by atoms with E-state index < -0.39 is 37.4 Å². The number of methoxy groups -OCH3 is 1. The lowest BCUT2D eigenvalue weighted by Crippen LogP contribution is -2.59. The van der Waals surface area contributed by atoms with Crippen molar-refractivity contribution in [1.82, 2.24) is 9.21 Å². The Hall–Kier alpha value is -2.97. The Morgan fingerprint density at radius 3 is 2.67 bits per heavy atom. The zero-order valence-electron chi connectivity index (χ0n) is 21.2. The van der Waals surface area contributed by atoms with Crippen molar-refractivity contribution in [1.29, 1.82) is 0 Å². The van der Waals surface area contributed by atoms with E-state index in [0.29, 0.717) is 0 Å². The average Bonchev–Trinajstić information content (AvgIpc) is 2.92. The fourth-order valence-electron chi connectivity index (χ4n) is 4.07. The van der Waals surface area contributed by atoms with E-state index in [1.54, 1.807) is 27.7 Å². The summed E-state index contributed by atoms with van der Waals surface area (Å²) in [5.74, 6) is 0.0494. The molecule has 0 spiro atoms. The van der Waals surface area contributed by atoms with E-state index in [0.717, 1.165) is 9.21 Å². The molecule has 0 bridgehead atoms. The molecule has 3 rings (SSSR count). The maximum absolute atomic E-state index is 13.7. The van der Waals surface area contributed by atoms with Gasteiger partial charge in [0.05, 0.1) is 24.7 Å². The fraction of sp³-hybridized carbons (Fsp3) is 0.636. The summed E-state index contributed by atoms with van der Waals surface area (Å²) in [5, 5.41) is 10.4. The van der Waals surface area contributed by atoms with Gasteiger partial charge in [0.1, 0.15) is 28.9 Å². The smallest absolute Gasteiger partial charge is 0.419 e. The molecule has 0 saturated carbocycles. The lowest BCUT2D eigenvalue weighted by atomic mass is 9.87. The highest BCUT2D eigenvalue weighted by molar-refractivity contribution is 7.90. The number of rotatable bonds is 6. The topological polar surface area (TPSA) is 150 Å². The second kappa shape index (κ2) is 10.2. The molecule has 2 aliphatic rings. The van der Waals surface area contributed by atoms with Crippen LogP contribution >= 0.6 is 0 Å². The van der Waals surface area contributed by atoms with Crippen molar-refractivity contribution < 1.29 is 37.1 Å². The predicted octanol–water partition coefficient (Wildman–Crippen LogP) is 2.45. The number of aliphatic imine (C=N–C) groups is 1. The number of nitro groups is 1. The van der Waals surface area contributed by atoms with Crippen molar-refractivity contribution in [2.24, 2.45) is 4.99 Å². The Morgan fingerprint density at radius 2 is 2.06 bits per heavy atom. The van der Waals surface area contributed by atoms with Crippen LogP contribution in [0.5, 0.6) is 5.75 Å². The lowest BCUT2D eigenvalue weighted by molar-refractivity contribution is -0.385. The van der Waals surface area contributed by atoms with E-state index in [4.69, 9.17) is 23.9 Å². The van der Waals surface area contributed by atoms with Crippen LogP contribution in [0.3, 0.4) is 0 Å². The van der Waals surface area contributed by atoms with E-state index in [1.165, 1.54) is 32.4 Å². The van der Waals surface area contributed by atoms with Crippen LogP contribution in [-0.2, 0) is 29.8 Å². The summed E-state index contributed by atoms with van der Waals surface area (Å²) in [6, 6.07) is 3.98. The number of guanidine groups is 1. The van der Waals surface area contributed by atoms with Crippen molar-refractivity contribution in [3.63, 3.8) is 0 Å². The SMILES string of the molecule is COCCOCN(C(=O)OC(C)(C)C)C1=N[C@]2(C)c3cc([N+](=O)[O-])ccc3OCC[C@@H]2S(=O)(=O)N1C. The third-order valence-corrected chi connectivity index (χ3v) is 8.19. The molecule has 0 fully saturated rings. The molecule has 13 nitrogen and oxygen atoms in total. The molecule has 0 unspecified atom stereocenters. The minimum atomic E-state index is -4.10. The molecule has 0 saturated heterocycles. The van der Waals surface area contributed by atoms with Crippen molar-refractivity contribution in [2.45, 2.75) is 50.5 Å². The molecule has 200 valence electrons. The highest BCUT2D eigenvalue weighted by Crippen LogP contribution is 2.46. The number of non-ortho nitro benzene ring substituents is 1. The van der Waals surface area contributed by atoms with Crippen LogP contribution in [0.1, 0.15) is 39.7 Å².